The first-order chi connectivity index (χ1) is 12.9. The number of ketones is 1. The minimum absolute atomic E-state index is 0.0648. The van der Waals surface area contributed by atoms with Crippen molar-refractivity contribution in [2.75, 3.05) is 7.05 Å². The minimum atomic E-state index is 0.0648. The zero-order chi connectivity index (χ0) is 21.2. The lowest BCUT2D eigenvalue weighted by atomic mass is 10.0. The van der Waals surface area contributed by atoms with E-state index in [1.54, 1.807) is 14.0 Å². The van der Waals surface area contributed by atoms with E-state index in [4.69, 9.17) is 4.74 Å². The van der Waals surface area contributed by atoms with Gasteiger partial charge in [-0.2, -0.15) is 0 Å². The fraction of sp³-hybridized carbons (Fsp3) is 0.565. The smallest absolute Gasteiger partial charge is 0.146 e. The highest BCUT2D eigenvalue weighted by Crippen LogP contribution is 2.23. The monoisotopic (exact) mass is 376 g/mol. The van der Waals surface area contributed by atoms with Crippen LogP contribution in [0.15, 0.2) is 42.8 Å². The topological polar surface area (TPSA) is 51.2 Å². The molecule has 1 atom stereocenters. The van der Waals surface area contributed by atoms with Gasteiger partial charge in [0.15, 0.2) is 0 Å². The molecule has 154 valence electrons. The Balaban J connectivity index is 0. The molecule has 0 saturated heterocycles. The lowest BCUT2D eigenvalue weighted by Crippen LogP contribution is -2.31. The van der Waals surface area contributed by atoms with E-state index in [9.17, 15) is 4.79 Å². The standard InChI is InChI=1S/C15H21NO.C6H13NO.C2H6/c1-5-6-9-14(13(4)17-12(2)3)15-10-7-8-11-16-15;1-4-6(7-3)5(2)8;1-2/h5,7-8,10-12H,1,6,9H2,2-4H3;6-7H,4H2,1-3H3;1-2H3/b14-13-;;/t;6-;/m.0./s1. The van der Waals surface area contributed by atoms with E-state index in [0.717, 1.165) is 30.7 Å². The van der Waals surface area contributed by atoms with Gasteiger partial charge in [-0.15, -0.1) is 6.58 Å². The van der Waals surface area contributed by atoms with Crippen LogP contribution < -0.4 is 5.32 Å². The van der Waals surface area contributed by atoms with E-state index >= 15 is 0 Å². The molecule has 0 fully saturated rings. The summed E-state index contributed by atoms with van der Waals surface area (Å²) in [5.41, 5.74) is 2.16. The SMILES string of the molecule is C=CCC/C(=C(\C)OC(C)C)c1ccccn1.CC.CC[C@H](NC)C(C)=O. The summed E-state index contributed by atoms with van der Waals surface area (Å²) >= 11 is 0. The Morgan fingerprint density at radius 3 is 2.26 bits per heavy atom. The van der Waals surface area contributed by atoms with E-state index in [1.807, 2.05) is 72.0 Å². The van der Waals surface area contributed by atoms with Crippen molar-refractivity contribution in [3.05, 3.63) is 48.5 Å². The number of carbonyl (C=O) groups excluding carboxylic acids is 1. The van der Waals surface area contributed by atoms with Gasteiger partial charge in [-0.05, 0) is 66.1 Å². The first-order valence-corrected chi connectivity index (χ1v) is 9.93. The second-order valence-corrected chi connectivity index (χ2v) is 6.10. The number of aromatic nitrogens is 1. The normalized spacial score (nSPS) is 11.9. The van der Waals surface area contributed by atoms with E-state index < -0.39 is 0 Å². The minimum Gasteiger partial charge on any atom is -0.495 e. The van der Waals surface area contributed by atoms with Gasteiger partial charge in [-0.1, -0.05) is 32.9 Å². The van der Waals surface area contributed by atoms with Crippen LogP contribution in [0.25, 0.3) is 5.57 Å². The van der Waals surface area contributed by atoms with Gasteiger partial charge < -0.3 is 10.1 Å². The van der Waals surface area contributed by atoms with Crippen molar-refractivity contribution in [3.63, 3.8) is 0 Å². The Labute approximate surface area is 167 Å². The number of likely N-dealkylation sites (N-methyl/N-ethyl adjacent to an activating group) is 1. The van der Waals surface area contributed by atoms with Crippen LogP contribution in [0, 0.1) is 0 Å². The zero-order valence-electron chi connectivity index (χ0n) is 18.6. The van der Waals surface area contributed by atoms with Crippen LogP contribution in [0.3, 0.4) is 0 Å². The average molecular weight is 377 g/mol. The molecule has 4 heteroatoms. The summed E-state index contributed by atoms with van der Waals surface area (Å²) in [4.78, 5) is 14.9. The molecular formula is C23H40N2O2. The molecule has 1 aromatic heterocycles. The third kappa shape index (κ3) is 13.0. The van der Waals surface area contributed by atoms with Crippen molar-refractivity contribution in [3.8, 4) is 0 Å². The van der Waals surface area contributed by atoms with Gasteiger partial charge in [-0.25, -0.2) is 0 Å². The van der Waals surface area contributed by atoms with Crippen LogP contribution in [0.5, 0.6) is 0 Å². The summed E-state index contributed by atoms with van der Waals surface area (Å²) in [6.45, 7) is 17.4. The van der Waals surface area contributed by atoms with Gasteiger partial charge in [0, 0.05) is 11.8 Å². The van der Waals surface area contributed by atoms with Gasteiger partial charge in [-0.3, -0.25) is 9.78 Å². The van der Waals surface area contributed by atoms with Crippen LogP contribution in [-0.4, -0.2) is 30.0 Å². The fourth-order valence-electron chi connectivity index (χ4n) is 2.39. The van der Waals surface area contributed by atoms with Crippen molar-refractivity contribution in [2.45, 2.75) is 79.9 Å². The van der Waals surface area contributed by atoms with E-state index in [0.29, 0.717) is 0 Å². The Hall–Kier alpha value is -1.94. The Morgan fingerprint density at radius 1 is 1.30 bits per heavy atom. The van der Waals surface area contributed by atoms with Gasteiger partial charge in [0.1, 0.15) is 5.78 Å². The quantitative estimate of drug-likeness (QED) is 0.437. The largest absolute Gasteiger partial charge is 0.495 e. The summed E-state index contributed by atoms with van der Waals surface area (Å²) in [5.74, 6) is 1.18. The molecule has 0 aliphatic carbocycles. The number of nitrogens with one attached hydrogen (secondary N) is 1. The van der Waals surface area contributed by atoms with Crippen molar-refractivity contribution in [2.24, 2.45) is 0 Å². The Morgan fingerprint density at radius 2 is 1.93 bits per heavy atom. The molecule has 1 aromatic rings. The first kappa shape index (κ1) is 27.3. The second kappa shape index (κ2) is 17.5. The molecule has 0 saturated carbocycles. The fourth-order valence-corrected chi connectivity index (χ4v) is 2.39. The predicted molar refractivity (Wildman–Crippen MR) is 118 cm³/mol. The maximum Gasteiger partial charge on any atom is 0.146 e. The van der Waals surface area contributed by atoms with Crippen LogP contribution in [0.2, 0.25) is 0 Å². The molecule has 27 heavy (non-hydrogen) atoms. The molecule has 0 aliphatic rings. The molecule has 1 heterocycles. The number of pyridine rings is 1. The van der Waals surface area contributed by atoms with Crippen LogP contribution in [0.4, 0.5) is 0 Å². The molecule has 0 bridgehead atoms. The van der Waals surface area contributed by atoms with E-state index in [2.05, 4.69) is 16.9 Å². The highest BCUT2D eigenvalue weighted by Gasteiger charge is 2.09. The average Bonchev–Trinajstić information content (AvgIpc) is 2.65. The highest BCUT2D eigenvalue weighted by atomic mass is 16.5. The summed E-state index contributed by atoms with van der Waals surface area (Å²) in [5, 5.41) is 2.90. The van der Waals surface area contributed by atoms with Gasteiger partial charge in [0.05, 0.1) is 23.6 Å². The maximum absolute atomic E-state index is 10.5. The number of hydrogen-bond donors (Lipinski definition) is 1. The Bertz CT molecular complexity index is 533. The summed E-state index contributed by atoms with van der Waals surface area (Å²) in [7, 11) is 1.80. The first-order valence-electron chi connectivity index (χ1n) is 9.93. The van der Waals surface area contributed by atoms with Crippen LogP contribution in [-0.2, 0) is 9.53 Å². The summed E-state index contributed by atoms with van der Waals surface area (Å²) < 4.78 is 5.77. The predicted octanol–water partition coefficient (Wildman–Crippen LogP) is 5.80. The molecule has 0 spiro atoms. The number of Topliss-reactive ketones (excluding diaryl/α,β-unsaturated/α-hetero) is 1. The van der Waals surface area contributed by atoms with Crippen molar-refractivity contribution in [1.82, 2.24) is 10.3 Å². The summed E-state index contributed by atoms with van der Waals surface area (Å²) in [6.07, 6.45) is 6.66. The number of rotatable bonds is 9. The van der Waals surface area contributed by atoms with E-state index in [1.165, 1.54) is 5.57 Å². The highest BCUT2D eigenvalue weighted by molar-refractivity contribution is 5.81. The molecule has 0 amide bonds. The lowest BCUT2D eigenvalue weighted by molar-refractivity contribution is -0.118. The molecule has 4 nitrogen and oxygen atoms in total. The van der Waals surface area contributed by atoms with Crippen molar-refractivity contribution >= 4 is 11.4 Å². The second-order valence-electron chi connectivity index (χ2n) is 6.10. The van der Waals surface area contributed by atoms with Gasteiger partial charge in [0.2, 0.25) is 0 Å². The number of allylic oxidation sites excluding steroid dienone is 3. The van der Waals surface area contributed by atoms with Gasteiger partial charge >= 0.3 is 0 Å². The maximum atomic E-state index is 10.5. The molecule has 0 aliphatic heterocycles. The van der Waals surface area contributed by atoms with Crippen LogP contribution >= 0.6 is 0 Å². The summed E-state index contributed by atoms with van der Waals surface area (Å²) in [6, 6.07) is 6.01. The third-order valence-electron chi connectivity index (χ3n) is 3.66. The lowest BCUT2D eigenvalue weighted by Gasteiger charge is -2.15. The molecule has 0 aromatic carbocycles. The number of ether oxygens (including phenoxy) is 1. The molecule has 1 N–H and O–H groups in total. The molecule has 0 unspecified atom stereocenters. The molecular weight excluding hydrogens is 336 g/mol. The Kier molecular flexibility index (Phi) is 17.7. The number of nitrogens with zero attached hydrogens (tertiary/aromatic N) is 1. The number of hydrogen-bond acceptors (Lipinski definition) is 4. The molecule has 0 radical (unpaired) electrons. The van der Waals surface area contributed by atoms with Crippen molar-refractivity contribution in [1.29, 1.82) is 0 Å². The van der Waals surface area contributed by atoms with Crippen molar-refractivity contribution < 1.29 is 9.53 Å². The molecule has 1 rings (SSSR count). The third-order valence-corrected chi connectivity index (χ3v) is 3.66. The number of carbonyl (C=O) groups is 1. The van der Waals surface area contributed by atoms with E-state index in [-0.39, 0.29) is 17.9 Å². The van der Waals surface area contributed by atoms with Crippen LogP contribution in [0.1, 0.15) is 73.4 Å². The zero-order valence-corrected chi connectivity index (χ0v) is 18.6. The van der Waals surface area contributed by atoms with Gasteiger partial charge in [0.25, 0.3) is 0 Å².